The van der Waals surface area contributed by atoms with Gasteiger partial charge >= 0.3 is 11.8 Å². The quantitative estimate of drug-likeness (QED) is 0.800. The lowest BCUT2D eigenvalue weighted by molar-refractivity contribution is 0.320. The Balaban J connectivity index is 1.89. The highest BCUT2D eigenvalue weighted by Gasteiger charge is 2.11. The van der Waals surface area contributed by atoms with Crippen LogP contribution in [0.4, 0.5) is 0 Å². The third kappa shape index (κ3) is 2.79. The van der Waals surface area contributed by atoms with E-state index in [2.05, 4.69) is 5.10 Å². The molecule has 1 aromatic heterocycles. The van der Waals surface area contributed by atoms with Crippen LogP contribution in [0.2, 0.25) is 0 Å². The van der Waals surface area contributed by atoms with Crippen molar-refractivity contribution in [2.24, 2.45) is 0 Å². The zero-order valence-corrected chi connectivity index (χ0v) is 11.2. The Kier molecular flexibility index (Phi) is 3.19. The molecule has 0 unspecified atom stereocenters. The molecule has 0 amide bonds. The summed E-state index contributed by atoms with van der Waals surface area (Å²) < 4.78 is 11.4. The number of nitrogens with zero attached hydrogens (tertiary/aromatic N) is 2. The predicted octanol–water partition coefficient (Wildman–Crippen LogP) is 2.63. The molecule has 0 atom stereocenters. The maximum absolute atomic E-state index is 11.8. The number of aromatic hydroxyl groups is 1. The molecule has 0 bridgehead atoms. The van der Waals surface area contributed by atoms with Crippen LogP contribution in [0.5, 0.6) is 17.6 Å². The number of rotatable bonds is 3. The van der Waals surface area contributed by atoms with Crippen molar-refractivity contribution in [3.05, 3.63) is 64.6 Å². The number of aryl methyl sites for hydroxylation is 1. The highest BCUT2D eigenvalue weighted by Crippen LogP contribution is 2.19. The lowest BCUT2D eigenvalue weighted by Crippen LogP contribution is -2.12. The van der Waals surface area contributed by atoms with E-state index in [-0.39, 0.29) is 11.8 Å². The van der Waals surface area contributed by atoms with Gasteiger partial charge in [0, 0.05) is 0 Å². The molecule has 106 valence electrons. The normalized spacial score (nSPS) is 10.5. The van der Waals surface area contributed by atoms with Crippen molar-refractivity contribution < 1.29 is 14.3 Å². The molecule has 3 aromatic rings. The summed E-state index contributed by atoms with van der Waals surface area (Å²) in [5.41, 5.74) is 1.57. The summed E-state index contributed by atoms with van der Waals surface area (Å²) in [5.74, 6) is -0.0334. The molecule has 6 heteroatoms. The van der Waals surface area contributed by atoms with Gasteiger partial charge in [-0.1, -0.05) is 22.8 Å². The summed E-state index contributed by atoms with van der Waals surface area (Å²) in [7, 11) is 0. The van der Waals surface area contributed by atoms with Gasteiger partial charge < -0.3 is 14.3 Å². The minimum atomic E-state index is -0.664. The fourth-order valence-electron chi connectivity index (χ4n) is 1.77. The average Bonchev–Trinajstić information content (AvgIpc) is 2.83. The number of ether oxygens (including phenoxy) is 1. The van der Waals surface area contributed by atoms with Crippen molar-refractivity contribution in [1.29, 1.82) is 0 Å². The molecule has 0 aliphatic rings. The van der Waals surface area contributed by atoms with E-state index in [9.17, 15) is 9.90 Å². The van der Waals surface area contributed by atoms with Gasteiger partial charge in [-0.05, 0) is 43.3 Å². The summed E-state index contributed by atoms with van der Waals surface area (Å²) in [6.07, 6.45) is -0.142. The first-order valence-corrected chi connectivity index (χ1v) is 6.26. The monoisotopic (exact) mass is 284 g/mol. The van der Waals surface area contributed by atoms with Gasteiger partial charge in [0.25, 0.3) is 0 Å². The number of phenols is 1. The van der Waals surface area contributed by atoms with Gasteiger partial charge in [-0.2, -0.15) is 4.68 Å². The third-order valence-corrected chi connectivity index (χ3v) is 2.85. The van der Waals surface area contributed by atoms with Gasteiger partial charge in [0.05, 0.1) is 5.69 Å². The van der Waals surface area contributed by atoms with Crippen LogP contribution in [0.1, 0.15) is 5.56 Å². The molecule has 0 saturated carbocycles. The van der Waals surface area contributed by atoms with Crippen molar-refractivity contribution >= 4 is 0 Å². The van der Waals surface area contributed by atoms with Gasteiger partial charge in [-0.3, -0.25) is 0 Å². The molecule has 0 aliphatic carbocycles. The van der Waals surface area contributed by atoms with Crippen molar-refractivity contribution in [2.45, 2.75) is 6.92 Å². The van der Waals surface area contributed by atoms with Crippen LogP contribution < -0.4 is 10.5 Å². The van der Waals surface area contributed by atoms with Crippen LogP contribution in [0, 0.1) is 6.92 Å². The van der Waals surface area contributed by atoms with E-state index in [0.29, 0.717) is 11.4 Å². The second-order valence-electron chi connectivity index (χ2n) is 4.48. The van der Waals surface area contributed by atoms with Crippen molar-refractivity contribution in [3.8, 4) is 23.3 Å². The number of phenolic OH excluding ortho intramolecular Hbond substituents is 1. The van der Waals surface area contributed by atoms with Gasteiger partial charge in [0.15, 0.2) is 0 Å². The topological polar surface area (TPSA) is 77.5 Å². The second-order valence-corrected chi connectivity index (χ2v) is 4.48. The Morgan fingerprint density at radius 2 is 1.76 bits per heavy atom. The number of hydrogen-bond acceptors (Lipinski definition) is 5. The lowest BCUT2D eigenvalue weighted by atomic mass is 10.2. The van der Waals surface area contributed by atoms with Crippen LogP contribution in [0.25, 0.3) is 5.69 Å². The second kappa shape index (κ2) is 5.16. The zero-order chi connectivity index (χ0) is 14.8. The van der Waals surface area contributed by atoms with E-state index in [1.165, 1.54) is 12.1 Å². The summed E-state index contributed by atoms with van der Waals surface area (Å²) in [4.78, 5) is 11.8. The van der Waals surface area contributed by atoms with Crippen LogP contribution in [0.15, 0.2) is 57.7 Å². The Morgan fingerprint density at radius 3 is 2.43 bits per heavy atom. The zero-order valence-electron chi connectivity index (χ0n) is 11.2. The first kappa shape index (κ1) is 13.0. The van der Waals surface area contributed by atoms with E-state index in [1.54, 1.807) is 24.3 Å². The molecule has 0 aliphatic heterocycles. The minimum absolute atomic E-state index is 0.103. The summed E-state index contributed by atoms with van der Waals surface area (Å²) in [6.45, 7) is 1.96. The van der Waals surface area contributed by atoms with E-state index < -0.39 is 5.76 Å². The van der Waals surface area contributed by atoms with E-state index >= 15 is 0 Å². The molecule has 1 N–H and O–H groups in total. The largest absolute Gasteiger partial charge is 0.508 e. The standard InChI is InChI=1S/C15H12N2O4/c1-10-2-8-13(9-3-10)20-14-16-17(15(19)21-14)11-4-6-12(18)7-5-11/h2-9,18H,1H3. The molecule has 21 heavy (non-hydrogen) atoms. The Bertz CT molecular complexity index is 801. The first-order chi connectivity index (χ1) is 10.1. The molecule has 6 nitrogen and oxygen atoms in total. The fraction of sp³-hybridized carbons (Fsp3) is 0.0667. The molecule has 0 saturated heterocycles. The Morgan fingerprint density at radius 1 is 1.10 bits per heavy atom. The predicted molar refractivity (Wildman–Crippen MR) is 75.0 cm³/mol. The SMILES string of the molecule is Cc1ccc(Oc2nn(-c3ccc(O)cc3)c(=O)o2)cc1. The molecule has 0 radical (unpaired) electrons. The van der Waals surface area contributed by atoms with Crippen LogP contribution in [-0.2, 0) is 0 Å². The fourth-order valence-corrected chi connectivity index (χ4v) is 1.77. The minimum Gasteiger partial charge on any atom is -0.508 e. The molecule has 2 aromatic carbocycles. The van der Waals surface area contributed by atoms with Gasteiger partial charge in [-0.25, -0.2) is 4.79 Å². The van der Waals surface area contributed by atoms with Crippen molar-refractivity contribution in [3.63, 3.8) is 0 Å². The summed E-state index contributed by atoms with van der Waals surface area (Å²) in [5, 5.41) is 13.2. The summed E-state index contributed by atoms with van der Waals surface area (Å²) in [6, 6.07) is 13.3. The van der Waals surface area contributed by atoms with Crippen LogP contribution >= 0.6 is 0 Å². The van der Waals surface area contributed by atoms with E-state index in [4.69, 9.17) is 9.15 Å². The molecule has 0 fully saturated rings. The average molecular weight is 284 g/mol. The molecular weight excluding hydrogens is 272 g/mol. The van der Waals surface area contributed by atoms with E-state index in [0.717, 1.165) is 10.2 Å². The van der Waals surface area contributed by atoms with Crippen LogP contribution in [-0.4, -0.2) is 14.9 Å². The van der Waals surface area contributed by atoms with Crippen molar-refractivity contribution in [1.82, 2.24) is 9.78 Å². The van der Waals surface area contributed by atoms with Gasteiger partial charge in [-0.15, -0.1) is 0 Å². The summed E-state index contributed by atoms with van der Waals surface area (Å²) >= 11 is 0. The number of aromatic nitrogens is 2. The van der Waals surface area contributed by atoms with Gasteiger partial charge in [0.2, 0.25) is 0 Å². The lowest BCUT2D eigenvalue weighted by Gasteiger charge is -2.00. The first-order valence-electron chi connectivity index (χ1n) is 6.26. The highest BCUT2D eigenvalue weighted by molar-refractivity contribution is 5.35. The van der Waals surface area contributed by atoms with Crippen LogP contribution in [0.3, 0.4) is 0 Å². The molecular formula is C15H12N2O4. The van der Waals surface area contributed by atoms with Gasteiger partial charge in [0.1, 0.15) is 11.5 Å². The third-order valence-electron chi connectivity index (χ3n) is 2.85. The molecule has 3 rings (SSSR count). The highest BCUT2D eigenvalue weighted by atomic mass is 16.6. The number of benzene rings is 2. The smallest absolute Gasteiger partial charge is 0.444 e. The van der Waals surface area contributed by atoms with Crippen molar-refractivity contribution in [2.75, 3.05) is 0 Å². The number of hydrogen-bond donors (Lipinski definition) is 1. The molecule has 1 heterocycles. The van der Waals surface area contributed by atoms with E-state index in [1.807, 2.05) is 19.1 Å². The maximum atomic E-state index is 11.8. The maximum Gasteiger partial charge on any atom is 0.444 e. The Labute approximate surface area is 119 Å². The molecule has 0 spiro atoms. The Hall–Kier alpha value is -3.02.